The molecular weight excluding hydrogens is 677 g/mol. The average molecular weight is 721 g/mol. The lowest BCUT2D eigenvalue weighted by Gasteiger charge is -2.42. The fourth-order valence-corrected chi connectivity index (χ4v) is 9.90. The van der Waals surface area contributed by atoms with Crippen molar-refractivity contribution in [3.63, 3.8) is 0 Å². The van der Waals surface area contributed by atoms with Crippen LogP contribution in [-0.2, 0) is 10.8 Å². The second-order valence-electron chi connectivity index (χ2n) is 17.2. The molecule has 8 aromatic carbocycles. The summed E-state index contributed by atoms with van der Waals surface area (Å²) in [5.74, 6) is 0. The van der Waals surface area contributed by atoms with E-state index in [-0.39, 0.29) is 10.8 Å². The van der Waals surface area contributed by atoms with Crippen molar-refractivity contribution in [1.29, 1.82) is 0 Å². The van der Waals surface area contributed by atoms with Crippen LogP contribution in [0.2, 0.25) is 0 Å². The molecule has 0 unspecified atom stereocenters. The molecule has 0 radical (unpaired) electrons. The molecule has 11 rings (SSSR count). The standard InChI is InChI=1S/C54H44N2/c1-53(2)28-29-54(3,4)45-34-49-43(33-44(45)53)51-47(56(49)41-31-38(35-16-8-5-9-17-35)30-39(32-41)36-18-10-6-11-19-36)26-27-48-52(51)50-42-23-15-14-20-37(42)24-25-46(50)55(48)40-21-12-7-13-22-40/h5-27,30-34H,28-29H2,1-4H3. The summed E-state index contributed by atoms with van der Waals surface area (Å²) in [6.07, 6.45) is 2.34. The first kappa shape index (κ1) is 33.0. The molecule has 0 amide bonds. The zero-order valence-electron chi connectivity index (χ0n) is 32.5. The van der Waals surface area contributed by atoms with E-state index < -0.39 is 0 Å². The van der Waals surface area contributed by atoms with Crippen LogP contribution in [-0.4, -0.2) is 9.13 Å². The van der Waals surface area contributed by atoms with E-state index in [1.165, 1.54) is 112 Å². The van der Waals surface area contributed by atoms with Gasteiger partial charge >= 0.3 is 0 Å². The minimum absolute atomic E-state index is 0.0657. The first-order valence-electron chi connectivity index (χ1n) is 20.1. The monoisotopic (exact) mass is 720 g/mol. The van der Waals surface area contributed by atoms with Gasteiger partial charge < -0.3 is 9.13 Å². The van der Waals surface area contributed by atoms with Crippen molar-refractivity contribution in [3.05, 3.63) is 181 Å². The Balaban J connectivity index is 1.36. The molecule has 1 aliphatic carbocycles. The summed E-state index contributed by atoms with van der Waals surface area (Å²) in [5.41, 5.74) is 15.3. The van der Waals surface area contributed by atoms with Gasteiger partial charge in [-0.1, -0.05) is 137 Å². The highest BCUT2D eigenvalue weighted by molar-refractivity contribution is 6.33. The molecule has 0 saturated heterocycles. The van der Waals surface area contributed by atoms with Crippen molar-refractivity contribution in [1.82, 2.24) is 9.13 Å². The van der Waals surface area contributed by atoms with Gasteiger partial charge in [-0.2, -0.15) is 0 Å². The van der Waals surface area contributed by atoms with Crippen molar-refractivity contribution in [2.24, 2.45) is 0 Å². The molecule has 2 heterocycles. The molecule has 0 aliphatic heterocycles. The predicted molar refractivity (Wildman–Crippen MR) is 239 cm³/mol. The second-order valence-corrected chi connectivity index (χ2v) is 17.2. The SMILES string of the molecule is CC1(C)CCC(C)(C)c2cc3c(cc21)c1c2c4c5ccccc5ccc4n(-c4ccccc4)c2ccc1n3-c1cc(-c2ccccc2)cc(-c2ccccc2)c1. The highest BCUT2D eigenvalue weighted by Gasteiger charge is 2.38. The molecule has 0 bridgehead atoms. The number of para-hydroxylation sites is 1. The van der Waals surface area contributed by atoms with Gasteiger partial charge in [-0.25, -0.2) is 0 Å². The number of rotatable bonds is 4. The fourth-order valence-electron chi connectivity index (χ4n) is 9.90. The maximum Gasteiger partial charge on any atom is 0.0549 e. The third kappa shape index (κ3) is 4.88. The maximum absolute atomic E-state index is 2.60. The topological polar surface area (TPSA) is 9.86 Å². The second kappa shape index (κ2) is 12.1. The van der Waals surface area contributed by atoms with E-state index >= 15 is 0 Å². The molecule has 1 aliphatic rings. The summed E-state index contributed by atoms with van der Waals surface area (Å²) in [6, 6.07) is 63.2. The van der Waals surface area contributed by atoms with Gasteiger partial charge in [-0.15, -0.1) is 0 Å². The summed E-state index contributed by atoms with van der Waals surface area (Å²) in [7, 11) is 0. The van der Waals surface area contributed by atoms with Crippen molar-refractivity contribution in [3.8, 4) is 33.6 Å². The van der Waals surface area contributed by atoms with Gasteiger partial charge in [0.2, 0.25) is 0 Å². The molecule has 2 aromatic heterocycles. The molecule has 10 aromatic rings. The smallest absolute Gasteiger partial charge is 0.0549 e. The van der Waals surface area contributed by atoms with E-state index in [2.05, 4.69) is 207 Å². The van der Waals surface area contributed by atoms with Crippen LogP contribution in [0.4, 0.5) is 0 Å². The number of hydrogen-bond donors (Lipinski definition) is 0. The number of fused-ring (bicyclic) bond motifs is 10. The van der Waals surface area contributed by atoms with Crippen molar-refractivity contribution in [2.45, 2.75) is 51.4 Å². The number of aromatic nitrogens is 2. The van der Waals surface area contributed by atoms with Crippen LogP contribution in [0.1, 0.15) is 51.7 Å². The highest BCUT2D eigenvalue weighted by atomic mass is 15.0. The number of hydrogen-bond acceptors (Lipinski definition) is 0. The van der Waals surface area contributed by atoms with Crippen LogP contribution in [0.25, 0.3) is 88.0 Å². The predicted octanol–water partition coefficient (Wildman–Crippen LogP) is 14.7. The van der Waals surface area contributed by atoms with Crippen molar-refractivity contribution >= 4 is 54.4 Å². The Hall–Kier alpha value is -6.38. The molecule has 2 heteroatoms. The molecule has 0 atom stereocenters. The summed E-state index contributed by atoms with van der Waals surface area (Å²) in [4.78, 5) is 0. The Labute approximate surface area is 328 Å². The van der Waals surface area contributed by atoms with Crippen LogP contribution in [0.3, 0.4) is 0 Å². The highest BCUT2D eigenvalue weighted by Crippen LogP contribution is 2.51. The van der Waals surface area contributed by atoms with Crippen LogP contribution >= 0.6 is 0 Å². The van der Waals surface area contributed by atoms with Crippen LogP contribution in [0.15, 0.2) is 170 Å². The molecule has 2 nitrogen and oxygen atoms in total. The minimum atomic E-state index is 0.0657. The number of nitrogens with zero attached hydrogens (tertiary/aromatic N) is 2. The minimum Gasteiger partial charge on any atom is -0.309 e. The Morgan fingerprint density at radius 2 is 0.839 bits per heavy atom. The van der Waals surface area contributed by atoms with Gasteiger partial charge in [0.15, 0.2) is 0 Å². The van der Waals surface area contributed by atoms with E-state index in [4.69, 9.17) is 0 Å². The van der Waals surface area contributed by atoms with Gasteiger partial charge in [-0.3, -0.25) is 0 Å². The Morgan fingerprint density at radius 1 is 0.357 bits per heavy atom. The normalized spacial score (nSPS) is 14.9. The van der Waals surface area contributed by atoms with E-state index in [0.717, 1.165) is 0 Å². The third-order valence-electron chi connectivity index (χ3n) is 12.9. The van der Waals surface area contributed by atoms with Crippen molar-refractivity contribution in [2.75, 3.05) is 0 Å². The molecule has 0 saturated carbocycles. The van der Waals surface area contributed by atoms with Gasteiger partial charge in [0.05, 0.1) is 22.1 Å². The first-order chi connectivity index (χ1) is 27.3. The zero-order valence-corrected chi connectivity index (χ0v) is 32.5. The molecule has 0 spiro atoms. The summed E-state index contributed by atoms with van der Waals surface area (Å²) >= 11 is 0. The Bertz CT molecular complexity index is 3100. The summed E-state index contributed by atoms with van der Waals surface area (Å²) in [5, 5.41) is 7.82. The van der Waals surface area contributed by atoms with Gasteiger partial charge in [0.25, 0.3) is 0 Å². The zero-order chi connectivity index (χ0) is 37.8. The lowest BCUT2D eigenvalue weighted by atomic mass is 9.63. The van der Waals surface area contributed by atoms with Gasteiger partial charge in [-0.05, 0) is 128 Å². The summed E-state index contributed by atoms with van der Waals surface area (Å²) in [6.45, 7) is 9.79. The fraction of sp³-hybridized carbons (Fsp3) is 0.148. The quantitative estimate of drug-likeness (QED) is 0.171. The molecule has 270 valence electrons. The lowest BCUT2D eigenvalue weighted by molar-refractivity contribution is 0.332. The van der Waals surface area contributed by atoms with E-state index in [0.29, 0.717) is 0 Å². The molecule has 0 N–H and O–H groups in total. The van der Waals surface area contributed by atoms with Gasteiger partial charge in [0.1, 0.15) is 0 Å². The lowest BCUT2D eigenvalue weighted by Crippen LogP contribution is -2.33. The maximum atomic E-state index is 2.60. The Kier molecular flexibility index (Phi) is 7.11. The van der Waals surface area contributed by atoms with Crippen LogP contribution in [0.5, 0.6) is 0 Å². The van der Waals surface area contributed by atoms with Crippen LogP contribution in [0, 0.1) is 0 Å². The Morgan fingerprint density at radius 3 is 1.46 bits per heavy atom. The molecular formula is C54H44N2. The summed E-state index contributed by atoms with van der Waals surface area (Å²) < 4.78 is 5.06. The van der Waals surface area contributed by atoms with E-state index in [1.807, 2.05) is 0 Å². The van der Waals surface area contributed by atoms with Crippen LogP contribution < -0.4 is 0 Å². The van der Waals surface area contributed by atoms with Crippen molar-refractivity contribution < 1.29 is 0 Å². The third-order valence-corrected chi connectivity index (χ3v) is 12.9. The number of benzene rings is 8. The average Bonchev–Trinajstić information content (AvgIpc) is 3.75. The largest absolute Gasteiger partial charge is 0.309 e. The molecule has 0 fully saturated rings. The molecule has 56 heavy (non-hydrogen) atoms. The van der Waals surface area contributed by atoms with E-state index in [9.17, 15) is 0 Å². The first-order valence-corrected chi connectivity index (χ1v) is 20.1. The van der Waals surface area contributed by atoms with Gasteiger partial charge in [0, 0.05) is 32.9 Å². The van der Waals surface area contributed by atoms with E-state index in [1.54, 1.807) is 0 Å².